The molecule has 0 aliphatic rings. The number of aldehydes is 1. The van der Waals surface area contributed by atoms with Gasteiger partial charge in [-0.1, -0.05) is 58.5 Å². The SMILES string of the molecule is C[C@H](OC[C@](C)(N)C=O)C(c1ccc(Cl)c(Cl)c1)c1ccc(Cl)c(Cl)c1. The summed E-state index contributed by atoms with van der Waals surface area (Å²) in [6.07, 6.45) is 0.361. The molecule has 0 amide bonds. The lowest BCUT2D eigenvalue weighted by atomic mass is 9.87. The maximum Gasteiger partial charge on any atom is 0.141 e. The number of benzene rings is 2. The van der Waals surface area contributed by atoms with Crippen LogP contribution in [-0.2, 0) is 9.53 Å². The zero-order valence-corrected chi connectivity index (χ0v) is 17.3. The summed E-state index contributed by atoms with van der Waals surface area (Å²) in [4.78, 5) is 11.0. The van der Waals surface area contributed by atoms with Gasteiger partial charge in [-0.05, 0) is 49.2 Å². The highest BCUT2D eigenvalue weighted by Crippen LogP contribution is 2.36. The van der Waals surface area contributed by atoms with Crippen molar-refractivity contribution in [1.29, 1.82) is 0 Å². The Kier molecular flexibility index (Phi) is 7.37. The molecule has 2 aromatic rings. The predicted octanol–water partition coefficient (Wildman–Crippen LogP) is 5.75. The van der Waals surface area contributed by atoms with Crippen molar-refractivity contribution in [2.24, 2.45) is 5.73 Å². The molecule has 0 aromatic heterocycles. The van der Waals surface area contributed by atoms with E-state index in [0.717, 1.165) is 11.1 Å². The summed E-state index contributed by atoms with van der Waals surface area (Å²) >= 11 is 24.5. The van der Waals surface area contributed by atoms with Crippen LogP contribution >= 0.6 is 46.4 Å². The summed E-state index contributed by atoms with van der Waals surface area (Å²) in [5, 5.41) is 1.82. The van der Waals surface area contributed by atoms with Crippen LogP contribution in [0.5, 0.6) is 0 Å². The Labute approximate surface area is 173 Å². The lowest BCUT2D eigenvalue weighted by molar-refractivity contribution is -0.114. The van der Waals surface area contributed by atoms with Crippen LogP contribution in [0.25, 0.3) is 0 Å². The Morgan fingerprint density at radius 1 is 1.00 bits per heavy atom. The Morgan fingerprint density at radius 3 is 1.85 bits per heavy atom. The van der Waals surface area contributed by atoms with Gasteiger partial charge in [-0.15, -0.1) is 0 Å². The molecule has 0 radical (unpaired) electrons. The second-order valence-corrected chi connectivity index (χ2v) is 8.09. The Bertz CT molecular complexity index is 744. The van der Waals surface area contributed by atoms with E-state index in [-0.39, 0.29) is 18.6 Å². The van der Waals surface area contributed by atoms with Gasteiger partial charge in [-0.25, -0.2) is 0 Å². The minimum atomic E-state index is -1.06. The summed E-state index contributed by atoms with van der Waals surface area (Å²) in [5.74, 6) is -0.206. The van der Waals surface area contributed by atoms with E-state index in [1.807, 2.05) is 19.1 Å². The normalized spacial score (nSPS) is 14.9. The van der Waals surface area contributed by atoms with Crippen molar-refractivity contribution in [3.05, 3.63) is 67.6 Å². The molecule has 0 heterocycles. The summed E-state index contributed by atoms with van der Waals surface area (Å²) in [7, 11) is 0. The van der Waals surface area contributed by atoms with Gasteiger partial charge in [0, 0.05) is 5.92 Å². The smallest absolute Gasteiger partial charge is 0.141 e. The minimum absolute atomic E-state index is 0.0802. The van der Waals surface area contributed by atoms with Crippen LogP contribution in [0.2, 0.25) is 20.1 Å². The minimum Gasteiger partial charge on any atom is -0.375 e. The number of halogens is 4. The molecule has 2 rings (SSSR count). The molecule has 3 nitrogen and oxygen atoms in total. The van der Waals surface area contributed by atoms with Crippen molar-refractivity contribution < 1.29 is 9.53 Å². The van der Waals surface area contributed by atoms with Gasteiger partial charge in [0.15, 0.2) is 0 Å². The fourth-order valence-corrected chi connectivity index (χ4v) is 3.20. The van der Waals surface area contributed by atoms with Gasteiger partial charge in [-0.2, -0.15) is 0 Å². The molecule has 140 valence electrons. The predicted molar refractivity (Wildman–Crippen MR) is 109 cm³/mol. The Hall–Kier alpha value is -0.810. The largest absolute Gasteiger partial charge is 0.375 e. The highest BCUT2D eigenvalue weighted by Gasteiger charge is 2.26. The van der Waals surface area contributed by atoms with Crippen molar-refractivity contribution in [2.75, 3.05) is 6.61 Å². The third kappa shape index (κ3) is 5.35. The van der Waals surface area contributed by atoms with Gasteiger partial charge in [0.05, 0.1) is 38.3 Å². The third-order valence-electron chi connectivity index (χ3n) is 4.00. The van der Waals surface area contributed by atoms with Crippen LogP contribution in [0.3, 0.4) is 0 Å². The highest BCUT2D eigenvalue weighted by atomic mass is 35.5. The molecule has 26 heavy (non-hydrogen) atoms. The molecule has 2 aromatic carbocycles. The average Bonchev–Trinajstić information content (AvgIpc) is 2.59. The van der Waals surface area contributed by atoms with E-state index in [4.69, 9.17) is 56.9 Å². The van der Waals surface area contributed by atoms with E-state index < -0.39 is 5.54 Å². The third-order valence-corrected chi connectivity index (χ3v) is 5.48. The summed E-state index contributed by atoms with van der Waals surface area (Å²) in [5.41, 5.74) is 6.59. The van der Waals surface area contributed by atoms with E-state index in [2.05, 4.69) is 0 Å². The van der Waals surface area contributed by atoms with Crippen LogP contribution in [-0.4, -0.2) is 24.5 Å². The number of carbonyl (C=O) groups excluding carboxylic acids is 1. The van der Waals surface area contributed by atoms with Gasteiger partial charge < -0.3 is 15.3 Å². The van der Waals surface area contributed by atoms with E-state index in [9.17, 15) is 4.79 Å². The van der Waals surface area contributed by atoms with E-state index in [1.165, 1.54) is 0 Å². The molecule has 0 fully saturated rings. The number of rotatable bonds is 7. The molecule has 0 spiro atoms. The molecule has 0 aliphatic heterocycles. The van der Waals surface area contributed by atoms with Gasteiger partial charge in [0.1, 0.15) is 6.29 Å². The van der Waals surface area contributed by atoms with Crippen molar-refractivity contribution in [3.63, 3.8) is 0 Å². The molecule has 0 unspecified atom stereocenters. The molecule has 2 N–H and O–H groups in total. The molecule has 2 atom stereocenters. The molecule has 0 bridgehead atoms. The maximum atomic E-state index is 11.0. The fourth-order valence-electron chi connectivity index (χ4n) is 2.59. The van der Waals surface area contributed by atoms with Crippen molar-refractivity contribution in [3.8, 4) is 0 Å². The van der Waals surface area contributed by atoms with Gasteiger partial charge in [0.25, 0.3) is 0 Å². The first-order valence-electron chi connectivity index (χ1n) is 7.91. The number of hydrogen-bond acceptors (Lipinski definition) is 3. The van der Waals surface area contributed by atoms with Crippen molar-refractivity contribution >= 4 is 52.7 Å². The van der Waals surface area contributed by atoms with Crippen LogP contribution in [0.15, 0.2) is 36.4 Å². The fraction of sp³-hybridized carbons (Fsp3) is 0.316. The summed E-state index contributed by atoms with van der Waals surface area (Å²) in [6.45, 7) is 3.59. The second kappa shape index (κ2) is 8.92. The Morgan fingerprint density at radius 2 is 1.46 bits per heavy atom. The van der Waals surface area contributed by atoms with Crippen LogP contribution in [0.4, 0.5) is 0 Å². The van der Waals surface area contributed by atoms with Gasteiger partial charge >= 0.3 is 0 Å². The van der Waals surface area contributed by atoms with Crippen LogP contribution < -0.4 is 5.73 Å². The molecule has 7 heteroatoms. The van der Waals surface area contributed by atoms with Crippen molar-refractivity contribution in [2.45, 2.75) is 31.4 Å². The van der Waals surface area contributed by atoms with Crippen LogP contribution in [0.1, 0.15) is 30.9 Å². The summed E-state index contributed by atoms with van der Waals surface area (Å²) < 4.78 is 5.90. The van der Waals surface area contributed by atoms with Crippen LogP contribution in [0, 0.1) is 0 Å². The van der Waals surface area contributed by atoms with Gasteiger partial charge in [0.2, 0.25) is 0 Å². The monoisotopic (exact) mass is 433 g/mol. The highest BCUT2D eigenvalue weighted by molar-refractivity contribution is 6.42. The number of nitrogens with two attached hydrogens (primary N) is 1. The van der Waals surface area contributed by atoms with E-state index in [1.54, 1.807) is 31.2 Å². The Balaban J connectivity index is 2.41. The molecule has 0 saturated heterocycles. The molecule has 0 saturated carbocycles. The lowest BCUT2D eigenvalue weighted by Crippen LogP contribution is -2.44. The standard InChI is InChI=1S/C19H19Cl4NO2/c1-11(26-10-19(2,24)9-25)18(12-3-5-14(20)16(22)7-12)13-4-6-15(21)17(23)8-13/h3-9,11,18H,10,24H2,1-2H3/t11-,19+/m0/s1. The molecular weight excluding hydrogens is 416 g/mol. The molecular formula is C19H19Cl4NO2. The van der Waals surface area contributed by atoms with Crippen molar-refractivity contribution in [1.82, 2.24) is 0 Å². The van der Waals surface area contributed by atoms with Gasteiger partial charge in [-0.3, -0.25) is 0 Å². The first kappa shape index (κ1) is 21.5. The number of carbonyl (C=O) groups is 1. The van der Waals surface area contributed by atoms with E-state index >= 15 is 0 Å². The quantitative estimate of drug-likeness (QED) is 0.564. The average molecular weight is 435 g/mol. The van der Waals surface area contributed by atoms with E-state index in [0.29, 0.717) is 26.4 Å². The first-order valence-corrected chi connectivity index (χ1v) is 9.42. The lowest BCUT2D eigenvalue weighted by Gasteiger charge is -2.28. The maximum absolute atomic E-state index is 11.0. The first-order chi connectivity index (χ1) is 12.1. The second-order valence-electron chi connectivity index (χ2n) is 6.46. The molecule has 0 aliphatic carbocycles. The zero-order chi connectivity index (χ0) is 19.5. The topological polar surface area (TPSA) is 52.3 Å². The zero-order valence-electron chi connectivity index (χ0n) is 14.3. The number of ether oxygens (including phenoxy) is 1. The summed E-state index contributed by atoms with van der Waals surface area (Å²) in [6, 6.07) is 10.8. The number of hydrogen-bond donors (Lipinski definition) is 1.